The Morgan fingerprint density at radius 3 is 2.87 bits per heavy atom. The Morgan fingerprint density at radius 1 is 1.60 bits per heavy atom. The molecule has 1 amide bonds. The maximum Gasteiger partial charge on any atom is 0.229 e. The molecule has 0 aliphatic carbocycles. The molecule has 1 unspecified atom stereocenters. The summed E-state index contributed by atoms with van der Waals surface area (Å²) in [5, 5.41) is 0.476. The number of alkyl halides is 1. The van der Waals surface area contributed by atoms with Crippen LogP contribution in [0.3, 0.4) is 0 Å². The van der Waals surface area contributed by atoms with Crippen molar-refractivity contribution in [1.82, 2.24) is 4.98 Å². The van der Waals surface area contributed by atoms with Crippen molar-refractivity contribution in [2.24, 2.45) is 0 Å². The first-order valence-electron chi connectivity index (χ1n) is 4.33. The lowest BCUT2D eigenvalue weighted by atomic mass is 10.4. The first kappa shape index (κ1) is 11.4. The number of nitrogens with zero attached hydrogens (tertiary/aromatic N) is 2. The van der Waals surface area contributed by atoms with Crippen LogP contribution in [-0.4, -0.2) is 22.8 Å². The third-order valence-electron chi connectivity index (χ3n) is 2.15. The second-order valence-corrected chi connectivity index (χ2v) is 5.45. The average molecular weight is 357 g/mol. The molecule has 1 aliphatic heterocycles. The predicted molar refractivity (Wildman–Crippen MR) is 68.6 cm³/mol. The van der Waals surface area contributed by atoms with Gasteiger partial charge in [0.15, 0.2) is 0 Å². The summed E-state index contributed by atoms with van der Waals surface area (Å²) in [6, 6.07) is 1.69. The Labute approximate surface area is 111 Å². The van der Waals surface area contributed by atoms with Crippen LogP contribution in [0.4, 0.5) is 5.82 Å². The van der Waals surface area contributed by atoms with Gasteiger partial charge in [0, 0.05) is 25.2 Å². The molecule has 1 aliphatic rings. The summed E-state index contributed by atoms with van der Waals surface area (Å²) in [6.45, 7) is 0.504. The monoisotopic (exact) mass is 356 g/mol. The van der Waals surface area contributed by atoms with Gasteiger partial charge in [0.05, 0.1) is 14.0 Å². The zero-order valence-corrected chi connectivity index (χ0v) is 11.3. The number of hydrogen-bond acceptors (Lipinski definition) is 2. The maximum absolute atomic E-state index is 11.5. The van der Waals surface area contributed by atoms with Gasteiger partial charge in [0.2, 0.25) is 5.91 Å². The zero-order chi connectivity index (χ0) is 11.0. The number of hydrogen-bond donors (Lipinski definition) is 0. The first-order chi connectivity index (χ1) is 7.08. The minimum absolute atomic E-state index is 0.000208. The van der Waals surface area contributed by atoms with Crippen molar-refractivity contribution in [1.29, 1.82) is 0 Å². The van der Waals surface area contributed by atoms with E-state index in [1.54, 1.807) is 17.2 Å². The van der Waals surface area contributed by atoms with E-state index in [0.717, 1.165) is 3.57 Å². The fourth-order valence-corrected chi connectivity index (χ4v) is 2.15. The number of amides is 1. The van der Waals surface area contributed by atoms with Crippen LogP contribution in [0.1, 0.15) is 6.42 Å². The van der Waals surface area contributed by atoms with Crippen molar-refractivity contribution in [2.75, 3.05) is 11.4 Å². The van der Waals surface area contributed by atoms with Crippen molar-refractivity contribution in [3.63, 3.8) is 0 Å². The zero-order valence-electron chi connectivity index (χ0n) is 7.58. The number of pyridine rings is 1. The van der Waals surface area contributed by atoms with Crippen LogP contribution in [0, 0.1) is 3.57 Å². The second kappa shape index (κ2) is 4.43. The normalized spacial score (nSPS) is 21.1. The molecule has 2 heterocycles. The third-order valence-corrected chi connectivity index (χ3v) is 3.93. The number of carbonyl (C=O) groups is 1. The summed E-state index contributed by atoms with van der Waals surface area (Å²) in [6.07, 6.45) is 2.01. The molecule has 0 bridgehead atoms. The van der Waals surface area contributed by atoms with E-state index in [1.165, 1.54) is 0 Å². The summed E-state index contributed by atoms with van der Waals surface area (Å²) in [5.41, 5.74) is 0. The molecule has 1 aromatic heterocycles. The maximum atomic E-state index is 11.5. The van der Waals surface area contributed by atoms with Crippen molar-refractivity contribution >= 4 is 57.5 Å². The molecule has 0 spiro atoms. The molecule has 0 N–H and O–H groups in total. The van der Waals surface area contributed by atoms with Crippen LogP contribution >= 0.6 is 45.8 Å². The standard InChI is InChI=1S/C9H7Cl2IN2O/c10-5-1-9(15)14(4-5)8-2-6(11)7(12)3-13-8/h2-3,5H,1,4H2. The summed E-state index contributed by atoms with van der Waals surface area (Å²) in [7, 11) is 0. The molecule has 15 heavy (non-hydrogen) atoms. The molecule has 1 atom stereocenters. The number of rotatable bonds is 1. The van der Waals surface area contributed by atoms with Crippen LogP contribution in [0.2, 0.25) is 5.02 Å². The van der Waals surface area contributed by atoms with Gasteiger partial charge in [-0.2, -0.15) is 0 Å². The van der Waals surface area contributed by atoms with Gasteiger partial charge in [-0.3, -0.25) is 9.69 Å². The summed E-state index contributed by atoms with van der Waals surface area (Å²) >= 11 is 13.9. The van der Waals surface area contributed by atoms with Gasteiger partial charge in [0.25, 0.3) is 0 Å². The predicted octanol–water partition coefficient (Wildman–Crippen LogP) is 2.68. The number of carbonyl (C=O) groups excluding carboxylic acids is 1. The SMILES string of the molecule is O=C1CC(Cl)CN1c1cc(Cl)c(I)cn1. The van der Waals surface area contributed by atoms with E-state index >= 15 is 0 Å². The Kier molecular flexibility index (Phi) is 3.37. The van der Waals surface area contributed by atoms with Crippen molar-refractivity contribution < 1.29 is 4.79 Å². The van der Waals surface area contributed by atoms with Crippen LogP contribution in [-0.2, 0) is 4.79 Å². The minimum atomic E-state index is -0.127. The molecule has 3 nitrogen and oxygen atoms in total. The van der Waals surface area contributed by atoms with E-state index in [2.05, 4.69) is 27.6 Å². The highest BCUT2D eigenvalue weighted by atomic mass is 127. The summed E-state index contributed by atoms with van der Waals surface area (Å²) < 4.78 is 0.868. The molecular formula is C9H7Cl2IN2O. The van der Waals surface area contributed by atoms with Gasteiger partial charge in [-0.1, -0.05) is 11.6 Å². The van der Waals surface area contributed by atoms with Gasteiger partial charge in [-0.05, 0) is 22.6 Å². The molecule has 1 saturated heterocycles. The highest BCUT2D eigenvalue weighted by Gasteiger charge is 2.30. The molecule has 1 fully saturated rings. The average Bonchev–Trinajstić information content (AvgIpc) is 2.50. The molecule has 0 saturated carbocycles. The third kappa shape index (κ3) is 2.37. The molecule has 0 aromatic carbocycles. The van der Waals surface area contributed by atoms with Gasteiger partial charge in [-0.15, -0.1) is 11.6 Å². The highest BCUT2D eigenvalue weighted by Crippen LogP contribution is 2.26. The van der Waals surface area contributed by atoms with Crippen LogP contribution in [0.15, 0.2) is 12.3 Å². The lowest BCUT2D eigenvalue weighted by molar-refractivity contribution is -0.117. The highest BCUT2D eigenvalue weighted by molar-refractivity contribution is 14.1. The molecule has 6 heteroatoms. The van der Waals surface area contributed by atoms with Gasteiger partial charge < -0.3 is 0 Å². The quantitative estimate of drug-likeness (QED) is 0.572. The molecule has 0 radical (unpaired) electrons. The summed E-state index contributed by atoms with van der Waals surface area (Å²) in [5.74, 6) is 0.577. The molecular weight excluding hydrogens is 350 g/mol. The Hall–Kier alpha value is -0.0700. The second-order valence-electron chi connectivity index (χ2n) is 3.26. The van der Waals surface area contributed by atoms with E-state index in [0.29, 0.717) is 23.8 Å². The fourth-order valence-electron chi connectivity index (χ4n) is 1.44. The van der Waals surface area contributed by atoms with Gasteiger partial charge in [0.1, 0.15) is 5.82 Å². The van der Waals surface area contributed by atoms with Gasteiger partial charge in [-0.25, -0.2) is 4.98 Å². The number of aromatic nitrogens is 1. The number of anilines is 1. The van der Waals surface area contributed by atoms with Crippen LogP contribution < -0.4 is 4.90 Å². The lowest BCUT2D eigenvalue weighted by Crippen LogP contribution is -2.25. The Bertz CT molecular complexity index is 413. The van der Waals surface area contributed by atoms with Crippen LogP contribution in [0.5, 0.6) is 0 Å². The molecule has 1 aromatic rings. The van der Waals surface area contributed by atoms with E-state index in [9.17, 15) is 4.79 Å². The smallest absolute Gasteiger partial charge is 0.229 e. The van der Waals surface area contributed by atoms with Crippen molar-refractivity contribution in [3.8, 4) is 0 Å². The number of halogens is 3. The fraction of sp³-hybridized carbons (Fsp3) is 0.333. The first-order valence-corrected chi connectivity index (χ1v) is 6.22. The van der Waals surface area contributed by atoms with Crippen molar-refractivity contribution in [3.05, 3.63) is 20.9 Å². The van der Waals surface area contributed by atoms with E-state index in [4.69, 9.17) is 23.2 Å². The topological polar surface area (TPSA) is 33.2 Å². The Morgan fingerprint density at radius 2 is 2.33 bits per heavy atom. The van der Waals surface area contributed by atoms with E-state index in [1.807, 2.05) is 0 Å². The summed E-state index contributed by atoms with van der Waals surface area (Å²) in [4.78, 5) is 17.3. The van der Waals surface area contributed by atoms with E-state index < -0.39 is 0 Å². The Balaban J connectivity index is 2.30. The lowest BCUT2D eigenvalue weighted by Gasteiger charge is -2.14. The minimum Gasteiger partial charge on any atom is -0.295 e. The van der Waals surface area contributed by atoms with Crippen LogP contribution in [0.25, 0.3) is 0 Å². The van der Waals surface area contributed by atoms with E-state index in [-0.39, 0.29) is 11.3 Å². The van der Waals surface area contributed by atoms with Crippen molar-refractivity contribution in [2.45, 2.75) is 11.8 Å². The van der Waals surface area contributed by atoms with Gasteiger partial charge >= 0.3 is 0 Å². The molecule has 80 valence electrons. The largest absolute Gasteiger partial charge is 0.295 e. The molecule has 2 rings (SSSR count).